The first-order valence-electron chi connectivity index (χ1n) is 10.7. The van der Waals surface area contributed by atoms with Crippen LogP contribution in [0, 0.1) is 13.8 Å². The third kappa shape index (κ3) is 4.72. The molecule has 0 saturated carbocycles. The quantitative estimate of drug-likeness (QED) is 0.446. The predicted octanol–water partition coefficient (Wildman–Crippen LogP) is 5.19. The lowest BCUT2D eigenvalue weighted by Gasteiger charge is -2.14. The molecule has 4 rings (SSSR count). The van der Waals surface area contributed by atoms with Crippen LogP contribution in [0.3, 0.4) is 0 Å². The van der Waals surface area contributed by atoms with Crippen molar-refractivity contribution in [1.29, 1.82) is 0 Å². The summed E-state index contributed by atoms with van der Waals surface area (Å²) in [6.07, 6.45) is 0. The summed E-state index contributed by atoms with van der Waals surface area (Å²) < 4.78 is 2.05. The number of nitrogens with zero attached hydrogens (tertiary/aromatic N) is 1. The van der Waals surface area contributed by atoms with Crippen molar-refractivity contribution < 1.29 is 9.59 Å². The topological polar surface area (TPSA) is 63.1 Å². The summed E-state index contributed by atoms with van der Waals surface area (Å²) in [6, 6.07) is 23.9. The highest BCUT2D eigenvalue weighted by atomic mass is 16.2. The van der Waals surface area contributed by atoms with E-state index in [1.807, 2.05) is 54.6 Å². The molecule has 5 heteroatoms. The highest BCUT2D eigenvalue weighted by Gasteiger charge is 2.17. The van der Waals surface area contributed by atoms with Gasteiger partial charge in [-0.2, -0.15) is 0 Å². The van der Waals surface area contributed by atoms with Crippen LogP contribution in [0.5, 0.6) is 0 Å². The van der Waals surface area contributed by atoms with Gasteiger partial charge < -0.3 is 15.2 Å². The van der Waals surface area contributed by atoms with Crippen molar-refractivity contribution in [2.45, 2.75) is 33.9 Å². The minimum absolute atomic E-state index is 0.125. The molecule has 1 aromatic heterocycles. The highest BCUT2D eigenvalue weighted by molar-refractivity contribution is 6.00. The molecule has 0 aliphatic heterocycles. The number of carbonyl (C=O) groups is 2. The van der Waals surface area contributed by atoms with Crippen LogP contribution < -0.4 is 10.6 Å². The van der Waals surface area contributed by atoms with E-state index in [0.717, 1.165) is 16.5 Å². The summed E-state index contributed by atoms with van der Waals surface area (Å²) in [5.74, 6) is -0.253. The van der Waals surface area contributed by atoms with Crippen LogP contribution in [0.1, 0.15) is 39.7 Å². The minimum atomic E-state index is -0.128. The zero-order chi connectivity index (χ0) is 22.7. The Morgan fingerprint density at radius 2 is 1.69 bits per heavy atom. The van der Waals surface area contributed by atoms with Crippen LogP contribution in [0.2, 0.25) is 0 Å². The second kappa shape index (κ2) is 9.10. The van der Waals surface area contributed by atoms with Gasteiger partial charge in [0.1, 0.15) is 5.69 Å². The number of benzene rings is 3. The first kappa shape index (κ1) is 21.4. The molecule has 0 aliphatic carbocycles. The summed E-state index contributed by atoms with van der Waals surface area (Å²) in [4.78, 5) is 24.7. The van der Waals surface area contributed by atoms with Crippen molar-refractivity contribution in [3.8, 4) is 0 Å². The van der Waals surface area contributed by atoms with E-state index in [1.165, 1.54) is 23.6 Å². The Labute approximate surface area is 188 Å². The van der Waals surface area contributed by atoms with Crippen molar-refractivity contribution in [2.24, 2.45) is 0 Å². The molecule has 0 fully saturated rings. The van der Waals surface area contributed by atoms with Gasteiger partial charge in [0.05, 0.1) is 0 Å². The van der Waals surface area contributed by atoms with Crippen molar-refractivity contribution in [2.75, 3.05) is 5.32 Å². The SMILES string of the molecule is CC(=O)Nc1ccc2c(c1)cc(C(=O)NCc1ccccc1)n2Cc1cc(C)ccc1C. The second-order valence-corrected chi connectivity index (χ2v) is 8.17. The molecule has 2 N–H and O–H groups in total. The number of hydrogen-bond acceptors (Lipinski definition) is 2. The molecule has 32 heavy (non-hydrogen) atoms. The molecule has 0 unspecified atom stereocenters. The molecule has 162 valence electrons. The van der Waals surface area contributed by atoms with Gasteiger partial charge in [-0.1, -0.05) is 54.1 Å². The van der Waals surface area contributed by atoms with Crippen LogP contribution in [-0.4, -0.2) is 16.4 Å². The Kier molecular flexibility index (Phi) is 6.08. The Morgan fingerprint density at radius 3 is 2.44 bits per heavy atom. The Morgan fingerprint density at radius 1 is 0.906 bits per heavy atom. The van der Waals surface area contributed by atoms with E-state index < -0.39 is 0 Å². The van der Waals surface area contributed by atoms with Gasteiger partial charge in [-0.3, -0.25) is 9.59 Å². The van der Waals surface area contributed by atoms with Crippen molar-refractivity contribution in [3.05, 3.63) is 101 Å². The lowest BCUT2D eigenvalue weighted by atomic mass is 10.1. The first-order chi connectivity index (χ1) is 15.4. The van der Waals surface area contributed by atoms with Crippen LogP contribution in [-0.2, 0) is 17.9 Å². The minimum Gasteiger partial charge on any atom is -0.347 e. The molecule has 1 heterocycles. The third-order valence-corrected chi connectivity index (χ3v) is 5.58. The van der Waals surface area contributed by atoms with Crippen LogP contribution in [0.15, 0.2) is 72.8 Å². The van der Waals surface area contributed by atoms with Gasteiger partial charge in [-0.15, -0.1) is 0 Å². The summed E-state index contributed by atoms with van der Waals surface area (Å²) in [7, 11) is 0. The van der Waals surface area contributed by atoms with Gasteiger partial charge in [-0.05, 0) is 54.8 Å². The second-order valence-electron chi connectivity index (χ2n) is 8.17. The zero-order valence-electron chi connectivity index (χ0n) is 18.6. The number of fused-ring (bicyclic) bond motifs is 1. The third-order valence-electron chi connectivity index (χ3n) is 5.58. The van der Waals surface area contributed by atoms with E-state index in [1.54, 1.807) is 0 Å². The molecular weight excluding hydrogens is 398 g/mol. The molecule has 0 saturated heterocycles. The van der Waals surface area contributed by atoms with Crippen molar-refractivity contribution in [3.63, 3.8) is 0 Å². The van der Waals surface area contributed by atoms with Gasteiger partial charge in [0.25, 0.3) is 5.91 Å². The van der Waals surface area contributed by atoms with Gasteiger partial charge in [0.2, 0.25) is 5.91 Å². The lowest BCUT2D eigenvalue weighted by molar-refractivity contribution is -0.114. The average molecular weight is 426 g/mol. The number of aromatic nitrogens is 1. The molecule has 0 atom stereocenters. The van der Waals surface area contributed by atoms with Crippen LogP contribution in [0.25, 0.3) is 10.9 Å². The average Bonchev–Trinajstić information content (AvgIpc) is 3.12. The molecular formula is C27H27N3O2. The number of carbonyl (C=O) groups excluding carboxylic acids is 2. The van der Waals surface area contributed by atoms with Crippen molar-refractivity contribution in [1.82, 2.24) is 9.88 Å². The van der Waals surface area contributed by atoms with Gasteiger partial charge in [0, 0.05) is 36.6 Å². The number of nitrogens with one attached hydrogen (secondary N) is 2. The Balaban J connectivity index is 1.73. The zero-order valence-corrected chi connectivity index (χ0v) is 18.6. The van der Waals surface area contributed by atoms with Gasteiger partial charge >= 0.3 is 0 Å². The molecule has 0 aliphatic rings. The summed E-state index contributed by atoms with van der Waals surface area (Å²) >= 11 is 0. The number of anilines is 1. The lowest BCUT2D eigenvalue weighted by Crippen LogP contribution is -2.25. The number of rotatable bonds is 6. The fourth-order valence-corrected chi connectivity index (χ4v) is 3.92. The maximum absolute atomic E-state index is 13.2. The highest BCUT2D eigenvalue weighted by Crippen LogP contribution is 2.26. The van der Waals surface area contributed by atoms with Gasteiger partial charge in [0.15, 0.2) is 0 Å². The van der Waals surface area contributed by atoms with Crippen LogP contribution >= 0.6 is 0 Å². The normalized spacial score (nSPS) is 10.8. The predicted molar refractivity (Wildman–Crippen MR) is 129 cm³/mol. The molecule has 4 aromatic rings. The molecule has 2 amide bonds. The van der Waals surface area contributed by atoms with E-state index in [0.29, 0.717) is 24.5 Å². The molecule has 3 aromatic carbocycles. The smallest absolute Gasteiger partial charge is 0.268 e. The van der Waals surface area contributed by atoms with E-state index in [4.69, 9.17) is 0 Å². The fourth-order valence-electron chi connectivity index (χ4n) is 3.92. The monoisotopic (exact) mass is 425 g/mol. The summed E-state index contributed by atoms with van der Waals surface area (Å²) in [5.41, 5.74) is 6.84. The Bertz CT molecular complexity index is 1290. The van der Waals surface area contributed by atoms with E-state index in [9.17, 15) is 9.59 Å². The van der Waals surface area contributed by atoms with E-state index in [-0.39, 0.29) is 11.8 Å². The van der Waals surface area contributed by atoms with E-state index >= 15 is 0 Å². The number of aryl methyl sites for hydroxylation is 2. The fraction of sp³-hybridized carbons (Fsp3) is 0.185. The first-order valence-corrected chi connectivity index (χ1v) is 10.7. The summed E-state index contributed by atoms with van der Waals surface area (Å²) in [5, 5.41) is 6.77. The van der Waals surface area contributed by atoms with Crippen LogP contribution in [0.4, 0.5) is 5.69 Å². The maximum atomic E-state index is 13.2. The molecule has 5 nitrogen and oxygen atoms in total. The summed E-state index contributed by atoms with van der Waals surface area (Å²) in [6.45, 7) is 6.69. The molecule has 0 spiro atoms. The molecule has 0 bridgehead atoms. The molecule has 0 radical (unpaired) electrons. The Hall–Kier alpha value is -3.86. The van der Waals surface area contributed by atoms with E-state index in [2.05, 4.69) is 47.2 Å². The number of amides is 2. The standard InChI is InChI=1S/C27H27N3O2/c1-18-9-10-19(2)23(13-18)17-30-25-12-11-24(29-20(3)31)14-22(25)15-26(30)27(32)28-16-21-7-5-4-6-8-21/h4-15H,16-17H2,1-3H3,(H,28,32)(H,29,31). The van der Waals surface area contributed by atoms with Gasteiger partial charge in [-0.25, -0.2) is 0 Å². The largest absolute Gasteiger partial charge is 0.347 e. The maximum Gasteiger partial charge on any atom is 0.268 e. The van der Waals surface area contributed by atoms with Crippen molar-refractivity contribution >= 4 is 28.4 Å². The number of hydrogen-bond donors (Lipinski definition) is 2.